The maximum absolute atomic E-state index is 13.2. The highest BCUT2D eigenvalue weighted by Gasteiger charge is 2.65. The number of benzene rings is 1. The molecule has 1 aromatic rings. The number of halogens is 4. The fraction of sp³-hybridized carbons (Fsp3) is 0.667. The number of amides is 3. The molecule has 3 heterocycles. The molecule has 0 bridgehead atoms. The van der Waals surface area contributed by atoms with E-state index in [1.54, 1.807) is 0 Å². The van der Waals surface area contributed by atoms with Crippen LogP contribution in [0.2, 0.25) is 0 Å². The lowest BCUT2D eigenvalue weighted by atomic mass is 10.0. The Morgan fingerprint density at radius 1 is 1.13 bits per heavy atom. The summed E-state index contributed by atoms with van der Waals surface area (Å²) in [5, 5.41) is 15.6. The zero-order valence-electron chi connectivity index (χ0n) is 21.1. The van der Waals surface area contributed by atoms with Crippen LogP contribution in [0.25, 0.3) is 0 Å². The lowest BCUT2D eigenvalue weighted by Crippen LogP contribution is -2.36. The summed E-state index contributed by atoms with van der Waals surface area (Å²) in [6.45, 7) is 1.84. The number of nitrogens with zero attached hydrogens (tertiary/aromatic N) is 2. The molecule has 0 aromatic heterocycles. The first-order valence-electron chi connectivity index (χ1n) is 12.7. The number of unbranched alkanes of at least 4 members (excludes halogenated alkanes) is 1. The molecule has 0 radical (unpaired) electrons. The average Bonchev–Trinajstić information content (AvgIpc) is 3.53. The Balaban J connectivity index is 0.973. The number of rotatable bonds is 16. The van der Waals surface area contributed by atoms with Gasteiger partial charge in [0.2, 0.25) is 5.91 Å². The van der Waals surface area contributed by atoms with Gasteiger partial charge in [-0.15, -0.1) is 10.2 Å². The lowest BCUT2D eigenvalue weighted by Gasteiger charge is -2.16. The topological polar surface area (TPSA) is 123 Å². The van der Waals surface area contributed by atoms with Crippen molar-refractivity contribution in [1.29, 1.82) is 0 Å². The van der Waals surface area contributed by atoms with Crippen LogP contribution in [0.5, 0.6) is 5.75 Å². The second kappa shape index (κ2) is 13.7. The van der Waals surface area contributed by atoms with Gasteiger partial charge >= 0.3 is 17.9 Å². The Labute approximate surface area is 242 Å². The van der Waals surface area contributed by atoms with Gasteiger partial charge in [0.05, 0.1) is 42.1 Å². The van der Waals surface area contributed by atoms with Crippen LogP contribution in [0.3, 0.4) is 0 Å². The number of carbonyl (C=O) groups is 2. The van der Waals surface area contributed by atoms with Crippen molar-refractivity contribution in [3.63, 3.8) is 0 Å². The molecular weight excluding hydrogens is 654 g/mol. The van der Waals surface area contributed by atoms with Crippen molar-refractivity contribution < 1.29 is 37.0 Å². The smallest absolute Gasteiger partial charge is 0.442 e. The minimum atomic E-state index is -4.59. The van der Waals surface area contributed by atoms with E-state index < -0.39 is 11.8 Å². The largest absolute Gasteiger partial charge is 0.490 e. The van der Waals surface area contributed by atoms with Gasteiger partial charge in [-0.2, -0.15) is 24.9 Å². The van der Waals surface area contributed by atoms with Crippen LogP contribution in [0.1, 0.15) is 31.2 Å². The summed E-state index contributed by atoms with van der Waals surface area (Å²) in [5.74, 6) is 1.24. The van der Waals surface area contributed by atoms with E-state index in [0.717, 1.165) is 25.0 Å². The molecule has 3 atom stereocenters. The lowest BCUT2D eigenvalue weighted by molar-refractivity contribution is -0.166. The number of hydrogen-bond donors (Lipinski definition) is 3. The van der Waals surface area contributed by atoms with Crippen LogP contribution in [0.4, 0.5) is 18.0 Å². The first kappa shape index (κ1) is 30.1. The number of urea groups is 1. The summed E-state index contributed by atoms with van der Waals surface area (Å²) in [4.78, 5) is 23.4. The van der Waals surface area contributed by atoms with E-state index >= 15 is 0 Å². The molecule has 0 saturated carbocycles. The molecule has 2 saturated heterocycles. The van der Waals surface area contributed by atoms with Gasteiger partial charge in [0.1, 0.15) is 12.4 Å². The third-order valence-electron chi connectivity index (χ3n) is 6.54. The van der Waals surface area contributed by atoms with Crippen LogP contribution in [-0.2, 0) is 19.9 Å². The third kappa shape index (κ3) is 8.10. The van der Waals surface area contributed by atoms with Gasteiger partial charge in [-0.05, 0) is 47.6 Å². The van der Waals surface area contributed by atoms with E-state index in [0.29, 0.717) is 47.4 Å². The molecule has 0 unspecified atom stereocenters. The monoisotopic (exact) mass is 685 g/mol. The molecule has 1 aromatic carbocycles. The summed E-state index contributed by atoms with van der Waals surface area (Å²) in [7, 11) is 0. The van der Waals surface area contributed by atoms with Crippen LogP contribution >= 0.6 is 34.4 Å². The molecule has 3 aliphatic rings. The number of hydrogen-bond acceptors (Lipinski definition) is 8. The van der Waals surface area contributed by atoms with Crippen molar-refractivity contribution >= 4 is 46.3 Å². The Morgan fingerprint density at radius 3 is 2.62 bits per heavy atom. The number of alkyl halides is 3. The van der Waals surface area contributed by atoms with Gasteiger partial charge < -0.3 is 30.2 Å². The SMILES string of the molecule is O=C(CCCC[C@@H]1SC[C@@H]2NC(=O)N[C@@H]21)NCCOCCOCCOc1cc(C2(C(F)(F)F)N=N2)ccc1I. The second-order valence-electron chi connectivity index (χ2n) is 9.31. The zero-order chi connectivity index (χ0) is 27.9. The Kier molecular flexibility index (Phi) is 10.6. The second-order valence-corrected chi connectivity index (χ2v) is 11.7. The predicted molar refractivity (Wildman–Crippen MR) is 146 cm³/mol. The van der Waals surface area contributed by atoms with Gasteiger partial charge in [-0.1, -0.05) is 12.5 Å². The van der Waals surface area contributed by atoms with Crippen LogP contribution in [-0.4, -0.2) is 80.8 Å². The van der Waals surface area contributed by atoms with Crippen molar-refractivity contribution in [1.82, 2.24) is 16.0 Å². The fourth-order valence-corrected chi connectivity index (χ4v) is 6.47. The average molecular weight is 686 g/mol. The van der Waals surface area contributed by atoms with E-state index in [1.807, 2.05) is 34.4 Å². The number of nitrogens with one attached hydrogen (secondary N) is 3. The molecule has 39 heavy (non-hydrogen) atoms. The van der Waals surface area contributed by atoms with Crippen molar-refractivity contribution in [2.24, 2.45) is 10.2 Å². The van der Waals surface area contributed by atoms with Gasteiger partial charge in [0, 0.05) is 29.5 Å². The van der Waals surface area contributed by atoms with Gasteiger partial charge in [0.25, 0.3) is 0 Å². The van der Waals surface area contributed by atoms with Crippen molar-refractivity contribution in [2.45, 2.75) is 54.9 Å². The Hall–Kier alpha value is -1.85. The molecular formula is C24H31F3IN5O5S. The Bertz CT molecular complexity index is 1040. The standard InChI is InChI=1S/C24H31F3IN5O5S/c25-24(26,27)23(32-33-23)15-5-6-16(28)18(13-15)38-12-11-37-10-9-36-8-7-29-20(34)4-2-1-3-19-21-17(14-39-19)30-22(35)31-21/h5-6,13,17,19,21H,1-4,7-12,14H2,(H,29,34)(H2,30,31,35)/t17-,19-,21-/m0/s1. The van der Waals surface area contributed by atoms with E-state index in [4.69, 9.17) is 14.2 Å². The number of thioether (sulfide) groups is 1. The van der Waals surface area contributed by atoms with Crippen LogP contribution < -0.4 is 20.7 Å². The van der Waals surface area contributed by atoms with Crippen LogP contribution in [0.15, 0.2) is 28.4 Å². The quantitative estimate of drug-likeness (QED) is 0.139. The fourth-order valence-electron chi connectivity index (χ4n) is 4.43. The van der Waals surface area contributed by atoms with E-state index in [-0.39, 0.29) is 42.8 Å². The summed E-state index contributed by atoms with van der Waals surface area (Å²) in [6.07, 6.45) is -1.41. The molecule has 0 aliphatic carbocycles. The molecule has 2 fully saturated rings. The Morgan fingerprint density at radius 2 is 1.87 bits per heavy atom. The highest BCUT2D eigenvalue weighted by Crippen LogP contribution is 2.53. The van der Waals surface area contributed by atoms with Crippen molar-refractivity contribution in [3.8, 4) is 5.75 Å². The van der Waals surface area contributed by atoms with Gasteiger partial charge in [0.15, 0.2) is 0 Å². The number of carbonyl (C=O) groups excluding carboxylic acids is 2. The molecule has 3 N–H and O–H groups in total. The van der Waals surface area contributed by atoms with E-state index in [2.05, 4.69) is 26.2 Å². The number of fused-ring (bicyclic) bond motifs is 1. The minimum absolute atomic E-state index is 0.0105. The van der Waals surface area contributed by atoms with Crippen molar-refractivity contribution in [3.05, 3.63) is 27.3 Å². The highest BCUT2D eigenvalue weighted by molar-refractivity contribution is 14.1. The maximum atomic E-state index is 13.2. The van der Waals surface area contributed by atoms with Gasteiger partial charge in [-0.3, -0.25) is 4.79 Å². The molecule has 3 aliphatic heterocycles. The molecule has 4 rings (SSSR count). The number of ether oxygens (including phenoxy) is 3. The minimum Gasteiger partial charge on any atom is -0.490 e. The predicted octanol–water partition coefficient (Wildman–Crippen LogP) is 3.73. The molecule has 10 nitrogen and oxygen atoms in total. The first-order chi connectivity index (χ1) is 18.7. The van der Waals surface area contributed by atoms with Gasteiger partial charge in [-0.25, -0.2) is 4.79 Å². The summed E-state index contributed by atoms with van der Waals surface area (Å²) >= 11 is 3.86. The maximum Gasteiger partial charge on any atom is 0.442 e. The highest BCUT2D eigenvalue weighted by atomic mass is 127. The van der Waals surface area contributed by atoms with Crippen molar-refractivity contribution in [2.75, 3.05) is 45.3 Å². The summed E-state index contributed by atoms with van der Waals surface area (Å²) in [6, 6.07) is 4.53. The van der Waals surface area contributed by atoms with E-state index in [1.165, 1.54) is 18.2 Å². The summed E-state index contributed by atoms with van der Waals surface area (Å²) in [5.41, 5.74) is -2.55. The van der Waals surface area contributed by atoms with Crippen LogP contribution in [0, 0.1) is 3.57 Å². The zero-order valence-corrected chi connectivity index (χ0v) is 24.1. The molecule has 0 spiro atoms. The molecule has 3 amide bonds. The molecule has 15 heteroatoms. The first-order valence-corrected chi connectivity index (χ1v) is 14.9. The third-order valence-corrected chi connectivity index (χ3v) is 8.94. The normalized spacial score (nSPS) is 22.8. The summed E-state index contributed by atoms with van der Waals surface area (Å²) < 4.78 is 56.8. The van der Waals surface area contributed by atoms with E-state index in [9.17, 15) is 22.8 Å². The molecule has 216 valence electrons.